The van der Waals surface area contributed by atoms with Crippen molar-refractivity contribution in [2.45, 2.75) is 0 Å². The normalized spacial score (nSPS) is 16.3. The molecule has 1 aliphatic heterocycles. The zero-order valence-corrected chi connectivity index (χ0v) is 13.5. The third-order valence-corrected chi connectivity index (χ3v) is 4.33. The number of likely N-dealkylation sites (N-methyl/N-ethyl adjacent to an activating group) is 1. The van der Waals surface area contributed by atoms with E-state index in [4.69, 9.17) is 26.8 Å². The Labute approximate surface area is 136 Å². The van der Waals surface area contributed by atoms with Crippen molar-refractivity contribution >= 4 is 46.3 Å². The lowest BCUT2D eigenvalue weighted by molar-refractivity contribution is -0.139. The number of hydrogen-bond donors (Lipinski definition) is 1. The van der Waals surface area contributed by atoms with E-state index in [1.165, 1.54) is 23.8 Å². The van der Waals surface area contributed by atoms with Gasteiger partial charge in [-0.15, -0.1) is 0 Å². The Morgan fingerprint density at radius 1 is 1.50 bits per heavy atom. The molecule has 1 amide bonds. The topological polar surface area (TPSA) is 76.1 Å². The Bertz CT molecular complexity index is 671. The average Bonchev–Trinajstić information content (AvgIpc) is 2.72. The van der Waals surface area contributed by atoms with E-state index in [0.717, 1.165) is 0 Å². The molecule has 1 aromatic rings. The highest BCUT2D eigenvalue weighted by molar-refractivity contribution is 8.26. The predicted octanol–water partition coefficient (Wildman–Crippen LogP) is 1.99. The zero-order valence-electron chi connectivity index (χ0n) is 11.9. The quantitative estimate of drug-likeness (QED) is 0.649. The Hall–Kier alpha value is -2.06. The zero-order chi connectivity index (χ0) is 16.3. The van der Waals surface area contributed by atoms with Crippen LogP contribution < -0.4 is 9.47 Å². The van der Waals surface area contributed by atoms with Crippen LogP contribution in [0.25, 0.3) is 6.08 Å². The maximum Gasteiger partial charge on any atom is 0.341 e. The van der Waals surface area contributed by atoms with Crippen molar-refractivity contribution in [3.05, 3.63) is 28.7 Å². The number of carboxylic acids is 1. The van der Waals surface area contributed by atoms with Gasteiger partial charge in [0.25, 0.3) is 5.91 Å². The number of thioether (sulfide) groups is 1. The molecule has 2 rings (SSSR count). The molecule has 22 heavy (non-hydrogen) atoms. The molecule has 0 unspecified atom stereocenters. The number of nitrogens with zero attached hydrogens (tertiary/aromatic N) is 1. The van der Waals surface area contributed by atoms with Crippen molar-refractivity contribution < 1.29 is 24.2 Å². The number of carbonyl (C=O) groups is 2. The summed E-state index contributed by atoms with van der Waals surface area (Å²) in [6, 6.07) is 5.09. The molecule has 0 aromatic heterocycles. The fourth-order valence-corrected chi connectivity index (χ4v) is 2.95. The molecule has 0 aliphatic carbocycles. The van der Waals surface area contributed by atoms with E-state index in [2.05, 4.69) is 0 Å². The number of aliphatic carboxylic acids is 1. The molecule has 0 saturated carbocycles. The van der Waals surface area contributed by atoms with Gasteiger partial charge in [-0.2, -0.15) is 0 Å². The first kappa shape index (κ1) is 16.3. The Morgan fingerprint density at radius 2 is 2.23 bits per heavy atom. The molecular formula is C14H13NO5S2. The summed E-state index contributed by atoms with van der Waals surface area (Å²) in [6.45, 7) is -0.504. The minimum atomic E-state index is -1.10. The summed E-state index contributed by atoms with van der Waals surface area (Å²) in [6.07, 6.45) is 1.61. The van der Waals surface area contributed by atoms with Crippen molar-refractivity contribution in [2.75, 3.05) is 20.8 Å². The molecule has 1 aromatic carbocycles. The number of rotatable bonds is 5. The summed E-state index contributed by atoms with van der Waals surface area (Å²) in [5.74, 6) is -0.644. The molecule has 1 saturated heterocycles. The molecule has 0 radical (unpaired) electrons. The molecule has 0 atom stereocenters. The molecule has 116 valence electrons. The number of ether oxygens (including phenoxy) is 2. The summed E-state index contributed by atoms with van der Waals surface area (Å²) in [5, 5.41) is 8.76. The third-order valence-electron chi connectivity index (χ3n) is 2.84. The van der Waals surface area contributed by atoms with Gasteiger partial charge in [-0.3, -0.25) is 9.69 Å². The molecule has 6 nitrogen and oxygen atoms in total. The van der Waals surface area contributed by atoms with Gasteiger partial charge in [0.05, 0.1) is 12.0 Å². The number of amides is 1. The number of thiocarbonyl (C=S) groups is 1. The lowest BCUT2D eigenvalue weighted by atomic mass is 10.1. The van der Waals surface area contributed by atoms with Gasteiger partial charge in [0, 0.05) is 12.6 Å². The van der Waals surface area contributed by atoms with Crippen LogP contribution in [0.2, 0.25) is 0 Å². The lowest BCUT2D eigenvalue weighted by Gasteiger charge is -2.12. The van der Waals surface area contributed by atoms with Gasteiger partial charge in [-0.05, 0) is 12.1 Å². The molecular weight excluding hydrogens is 326 g/mol. The number of carboxylic acid groups (broad SMARTS) is 1. The molecule has 1 aliphatic rings. The van der Waals surface area contributed by atoms with Crippen molar-refractivity contribution in [1.82, 2.24) is 4.90 Å². The second-order valence-electron chi connectivity index (χ2n) is 4.30. The van der Waals surface area contributed by atoms with E-state index in [0.29, 0.717) is 20.5 Å². The van der Waals surface area contributed by atoms with E-state index in [9.17, 15) is 9.59 Å². The average molecular weight is 339 g/mol. The summed E-state index contributed by atoms with van der Waals surface area (Å²) in [4.78, 5) is 24.6. The van der Waals surface area contributed by atoms with Crippen LogP contribution in [-0.2, 0) is 9.59 Å². The van der Waals surface area contributed by atoms with Gasteiger partial charge < -0.3 is 14.6 Å². The van der Waals surface area contributed by atoms with Crippen LogP contribution in [0.5, 0.6) is 11.5 Å². The van der Waals surface area contributed by atoms with Gasteiger partial charge in [0.15, 0.2) is 18.1 Å². The van der Waals surface area contributed by atoms with Crippen LogP contribution in [0, 0.1) is 0 Å². The summed E-state index contributed by atoms with van der Waals surface area (Å²) >= 11 is 6.25. The lowest BCUT2D eigenvalue weighted by Crippen LogP contribution is -2.22. The molecule has 1 fully saturated rings. The van der Waals surface area contributed by atoms with Gasteiger partial charge in [-0.1, -0.05) is 36.1 Å². The molecule has 8 heteroatoms. The first-order valence-electron chi connectivity index (χ1n) is 6.17. The van der Waals surface area contributed by atoms with Crippen molar-refractivity contribution in [3.8, 4) is 11.5 Å². The van der Waals surface area contributed by atoms with Crippen LogP contribution in [0.3, 0.4) is 0 Å². The highest BCUT2D eigenvalue weighted by Gasteiger charge is 2.29. The summed E-state index contributed by atoms with van der Waals surface area (Å²) in [7, 11) is 3.06. The highest BCUT2D eigenvalue weighted by Crippen LogP contribution is 2.36. The molecule has 0 bridgehead atoms. The van der Waals surface area contributed by atoms with Crippen LogP contribution >= 0.6 is 24.0 Å². The van der Waals surface area contributed by atoms with Crippen LogP contribution in [-0.4, -0.2) is 47.0 Å². The maximum atomic E-state index is 12.0. The fourth-order valence-electron chi connectivity index (χ4n) is 1.78. The third kappa shape index (κ3) is 3.40. The van der Waals surface area contributed by atoms with E-state index in [1.54, 1.807) is 31.3 Å². The maximum absolute atomic E-state index is 12.0. The van der Waals surface area contributed by atoms with Crippen LogP contribution in [0.15, 0.2) is 23.1 Å². The first-order chi connectivity index (χ1) is 10.4. The summed E-state index contributed by atoms with van der Waals surface area (Å²) < 4.78 is 10.9. The molecule has 0 spiro atoms. The minimum absolute atomic E-state index is 0.206. The minimum Gasteiger partial charge on any atom is -0.493 e. The first-order valence-corrected chi connectivity index (χ1v) is 7.39. The van der Waals surface area contributed by atoms with Gasteiger partial charge >= 0.3 is 5.97 Å². The van der Waals surface area contributed by atoms with Crippen molar-refractivity contribution in [1.29, 1.82) is 0 Å². The van der Waals surface area contributed by atoms with Crippen molar-refractivity contribution in [2.24, 2.45) is 0 Å². The Morgan fingerprint density at radius 3 is 2.77 bits per heavy atom. The van der Waals surface area contributed by atoms with Gasteiger partial charge in [0.2, 0.25) is 0 Å². The fraction of sp³-hybridized carbons (Fsp3) is 0.214. The van der Waals surface area contributed by atoms with Crippen molar-refractivity contribution in [3.63, 3.8) is 0 Å². The monoisotopic (exact) mass is 339 g/mol. The number of para-hydroxylation sites is 1. The second-order valence-corrected chi connectivity index (χ2v) is 5.98. The molecule has 1 N–H and O–H groups in total. The van der Waals surface area contributed by atoms with Gasteiger partial charge in [0.1, 0.15) is 4.32 Å². The number of hydrogen-bond acceptors (Lipinski definition) is 6. The van der Waals surface area contributed by atoms with Crippen LogP contribution in [0.4, 0.5) is 0 Å². The number of methoxy groups -OCH3 is 1. The van der Waals surface area contributed by atoms with E-state index < -0.39 is 12.6 Å². The summed E-state index contributed by atoms with van der Waals surface area (Å²) in [5.41, 5.74) is 0.551. The number of benzene rings is 1. The number of carbonyl (C=O) groups excluding carboxylic acids is 1. The van der Waals surface area contributed by atoms with Gasteiger partial charge in [-0.25, -0.2) is 4.79 Å². The van der Waals surface area contributed by atoms with Crippen LogP contribution in [0.1, 0.15) is 5.56 Å². The Kier molecular flexibility index (Phi) is 5.04. The van der Waals surface area contributed by atoms with E-state index in [-0.39, 0.29) is 11.7 Å². The smallest absolute Gasteiger partial charge is 0.341 e. The SMILES string of the molecule is COc1cccc(C=C2SC(=S)N(C)C2=O)c1OCC(=O)O. The Balaban J connectivity index is 2.40. The largest absolute Gasteiger partial charge is 0.493 e. The second kappa shape index (κ2) is 6.80. The standard InChI is InChI=1S/C14H13NO5S2/c1-15-13(18)10(22-14(15)21)6-8-4-3-5-9(19-2)12(8)20-7-11(16)17/h3-6H,7H2,1-2H3,(H,16,17). The van der Waals surface area contributed by atoms with E-state index >= 15 is 0 Å². The highest BCUT2D eigenvalue weighted by atomic mass is 32.2. The van der Waals surface area contributed by atoms with E-state index in [1.807, 2.05) is 0 Å². The predicted molar refractivity (Wildman–Crippen MR) is 87.1 cm³/mol. The molecule has 1 heterocycles.